The molecule has 2 amide bonds. The van der Waals surface area contributed by atoms with Crippen molar-refractivity contribution in [1.82, 2.24) is 9.88 Å². The molecule has 0 fully saturated rings. The minimum Gasteiger partial charge on any atom is -0.433 e. The number of nitro benzene ring substituents is 1. The number of pyridine rings is 1. The Morgan fingerprint density at radius 2 is 1.91 bits per heavy atom. The van der Waals surface area contributed by atoms with Crippen molar-refractivity contribution >= 4 is 34.8 Å². The van der Waals surface area contributed by atoms with E-state index in [2.05, 4.69) is 15.0 Å². The molecule has 0 saturated carbocycles. The maximum Gasteiger partial charge on any atom is 0.410 e. The monoisotopic (exact) mass is 507 g/mol. The summed E-state index contributed by atoms with van der Waals surface area (Å²) < 4.78 is 34.0. The Morgan fingerprint density at radius 3 is 2.43 bits per heavy atom. The highest BCUT2D eigenvalue weighted by Crippen LogP contribution is 2.43. The number of non-ortho nitro benzene ring substituents is 1. The molecule has 35 heavy (non-hydrogen) atoms. The molecule has 14 heteroatoms. The van der Waals surface area contributed by atoms with Gasteiger partial charge in [-0.25, -0.2) is 9.78 Å². The predicted octanol–water partition coefficient (Wildman–Crippen LogP) is 4.09. The second-order valence-electron chi connectivity index (χ2n) is 7.25. The minimum atomic E-state index is -3.03. The maximum absolute atomic E-state index is 13.2. The van der Waals surface area contributed by atoms with Gasteiger partial charge in [-0.15, -0.1) is 0 Å². The van der Waals surface area contributed by atoms with Crippen molar-refractivity contribution in [1.29, 1.82) is 0 Å². The van der Waals surface area contributed by atoms with Crippen LogP contribution in [0.25, 0.3) is 10.4 Å². The normalized spacial score (nSPS) is 10.9. The lowest BCUT2D eigenvalue weighted by atomic mass is 10.0. The summed E-state index contributed by atoms with van der Waals surface area (Å²) in [4.78, 5) is 41.4. The number of hydrogen-bond donors (Lipinski definition) is 2. The summed E-state index contributed by atoms with van der Waals surface area (Å²) in [5.41, 5.74) is 6.11. The number of nitrogens with two attached hydrogens (primary N) is 1. The molecule has 0 aliphatic heterocycles. The van der Waals surface area contributed by atoms with Gasteiger partial charge in [-0.2, -0.15) is 8.78 Å². The molecule has 11 nitrogen and oxygen atoms in total. The number of halogens is 2. The van der Waals surface area contributed by atoms with Crippen LogP contribution in [0.3, 0.4) is 0 Å². The van der Waals surface area contributed by atoms with Gasteiger partial charge in [0.25, 0.3) is 11.6 Å². The molecular weight excluding hydrogens is 488 g/mol. The lowest BCUT2D eigenvalue weighted by molar-refractivity contribution is -0.384. The van der Waals surface area contributed by atoms with Gasteiger partial charge in [-0.1, -0.05) is 11.3 Å². The molecule has 0 bridgehead atoms. The molecule has 3 aromatic rings. The van der Waals surface area contributed by atoms with Crippen molar-refractivity contribution in [3.8, 4) is 21.3 Å². The minimum absolute atomic E-state index is 0.00515. The van der Waals surface area contributed by atoms with Gasteiger partial charge < -0.3 is 25.4 Å². The van der Waals surface area contributed by atoms with Gasteiger partial charge >= 0.3 is 12.7 Å². The SMILES string of the molecule is CN(C)Cc1c(-c2ccc([N+](=O)[O-])cc2)sc(OC(N)=O)c1C(=O)Nc1ccc(OC(F)F)cn1. The number of ether oxygens (including phenoxy) is 2. The van der Waals surface area contributed by atoms with Crippen molar-refractivity contribution in [2.24, 2.45) is 5.73 Å². The van der Waals surface area contributed by atoms with Gasteiger partial charge in [-0.3, -0.25) is 14.9 Å². The molecule has 3 rings (SSSR count). The number of amides is 2. The number of aromatic nitrogens is 1. The van der Waals surface area contributed by atoms with Crippen molar-refractivity contribution in [2.75, 3.05) is 19.4 Å². The molecule has 2 heterocycles. The number of anilines is 1. The predicted molar refractivity (Wildman–Crippen MR) is 123 cm³/mol. The zero-order chi connectivity index (χ0) is 25.7. The molecule has 184 valence electrons. The van der Waals surface area contributed by atoms with E-state index in [1.54, 1.807) is 19.0 Å². The number of thiophene rings is 1. The fourth-order valence-corrected chi connectivity index (χ4v) is 4.25. The van der Waals surface area contributed by atoms with Crippen molar-refractivity contribution in [3.63, 3.8) is 0 Å². The third-order valence-electron chi connectivity index (χ3n) is 4.41. The third kappa shape index (κ3) is 6.45. The number of nitrogens with zero attached hydrogens (tertiary/aromatic N) is 3. The number of benzene rings is 1. The second-order valence-corrected chi connectivity index (χ2v) is 8.23. The molecule has 0 atom stereocenters. The smallest absolute Gasteiger partial charge is 0.410 e. The highest BCUT2D eigenvalue weighted by molar-refractivity contribution is 7.18. The van der Waals surface area contributed by atoms with Gasteiger partial charge in [0.2, 0.25) is 0 Å². The molecule has 0 unspecified atom stereocenters. The first-order chi connectivity index (χ1) is 16.5. The summed E-state index contributed by atoms with van der Waals surface area (Å²) in [5.74, 6) is -0.863. The number of primary amides is 1. The first-order valence-electron chi connectivity index (χ1n) is 9.80. The van der Waals surface area contributed by atoms with Gasteiger partial charge in [0, 0.05) is 29.1 Å². The average Bonchev–Trinajstić information content (AvgIpc) is 3.11. The van der Waals surface area contributed by atoms with E-state index in [0.717, 1.165) is 17.5 Å². The van der Waals surface area contributed by atoms with Crippen molar-refractivity contribution in [3.05, 3.63) is 63.8 Å². The lowest BCUT2D eigenvalue weighted by Crippen LogP contribution is -2.21. The van der Waals surface area contributed by atoms with Crippen LogP contribution in [0, 0.1) is 10.1 Å². The largest absolute Gasteiger partial charge is 0.433 e. The summed E-state index contributed by atoms with van der Waals surface area (Å²) in [7, 11) is 3.52. The van der Waals surface area contributed by atoms with Crippen molar-refractivity contribution in [2.45, 2.75) is 13.2 Å². The standard InChI is InChI=1S/C21H19F2N5O6S/c1-27(2)10-14-16(18(29)26-15-8-7-13(9-25-15)33-20(22)23)19(34-21(24)30)35-17(14)11-3-5-12(6-4-11)28(31)32/h3-9,20H,10H2,1-2H3,(H2,24,30)(H,25,26,29). The van der Waals surface area contributed by atoms with Crippen molar-refractivity contribution < 1.29 is 32.8 Å². The number of rotatable bonds is 9. The Labute approximate surface area is 201 Å². The van der Waals surface area contributed by atoms with Crippen LogP contribution in [-0.2, 0) is 6.54 Å². The van der Waals surface area contributed by atoms with Gasteiger partial charge in [0.15, 0.2) is 5.06 Å². The lowest BCUT2D eigenvalue weighted by Gasteiger charge is -2.14. The number of nitrogens with one attached hydrogen (secondary N) is 1. The van der Waals surface area contributed by atoms with Gasteiger partial charge in [-0.05, 0) is 43.9 Å². The zero-order valence-electron chi connectivity index (χ0n) is 18.4. The van der Waals surface area contributed by atoms with Crippen LogP contribution in [0.2, 0.25) is 0 Å². The maximum atomic E-state index is 13.2. The number of hydrogen-bond acceptors (Lipinski definition) is 9. The van der Waals surface area contributed by atoms with E-state index >= 15 is 0 Å². The van der Waals surface area contributed by atoms with Crippen LogP contribution in [0.15, 0.2) is 42.6 Å². The van der Waals surface area contributed by atoms with E-state index in [1.165, 1.54) is 36.4 Å². The molecule has 0 saturated heterocycles. The Balaban J connectivity index is 2.04. The first-order valence-corrected chi connectivity index (χ1v) is 10.6. The first kappa shape index (κ1) is 25.5. The Hall–Kier alpha value is -4.17. The van der Waals surface area contributed by atoms with E-state index in [-0.39, 0.29) is 34.4 Å². The summed E-state index contributed by atoms with van der Waals surface area (Å²) in [6.45, 7) is -2.79. The van der Waals surface area contributed by atoms with E-state index in [1.807, 2.05) is 0 Å². The molecule has 0 spiro atoms. The summed E-state index contributed by atoms with van der Waals surface area (Å²) in [5, 5.41) is 13.4. The molecule has 0 aliphatic carbocycles. The third-order valence-corrected chi connectivity index (χ3v) is 5.57. The fourth-order valence-electron chi connectivity index (χ4n) is 3.08. The highest BCUT2D eigenvalue weighted by Gasteiger charge is 2.28. The number of carbonyl (C=O) groups excluding carboxylic acids is 2. The van der Waals surface area contributed by atoms with E-state index < -0.39 is 23.5 Å². The van der Waals surface area contributed by atoms with E-state index in [0.29, 0.717) is 16.0 Å². The Morgan fingerprint density at radius 1 is 1.23 bits per heavy atom. The Kier molecular flexibility index (Phi) is 7.88. The van der Waals surface area contributed by atoms with Gasteiger partial charge in [0.1, 0.15) is 11.6 Å². The summed E-state index contributed by atoms with van der Waals surface area (Å²) in [6, 6.07) is 8.13. The quantitative estimate of drug-likeness (QED) is 0.325. The summed E-state index contributed by atoms with van der Waals surface area (Å²) >= 11 is 0.968. The van der Waals surface area contributed by atoms with E-state index in [4.69, 9.17) is 10.5 Å². The Bertz CT molecular complexity index is 1230. The average molecular weight is 507 g/mol. The molecule has 2 aromatic heterocycles. The molecule has 3 N–H and O–H groups in total. The van der Waals surface area contributed by atoms with Crippen LogP contribution in [-0.4, -0.2) is 47.5 Å². The number of alkyl halides is 2. The van der Waals surface area contributed by atoms with Gasteiger partial charge in [0.05, 0.1) is 16.7 Å². The zero-order valence-corrected chi connectivity index (χ0v) is 19.2. The van der Waals surface area contributed by atoms with Crippen LogP contribution >= 0.6 is 11.3 Å². The number of nitro groups is 1. The molecular formula is C21H19F2N5O6S. The number of carbonyl (C=O) groups is 2. The fraction of sp³-hybridized carbons (Fsp3) is 0.190. The topological polar surface area (TPSA) is 150 Å². The van der Waals surface area contributed by atoms with Crippen LogP contribution in [0.1, 0.15) is 15.9 Å². The van der Waals surface area contributed by atoms with Crippen LogP contribution < -0.4 is 20.5 Å². The second kappa shape index (κ2) is 10.8. The molecule has 0 aliphatic rings. The van der Waals surface area contributed by atoms with Crippen LogP contribution in [0.4, 0.5) is 25.1 Å². The highest BCUT2D eigenvalue weighted by atomic mass is 32.1. The summed E-state index contributed by atoms with van der Waals surface area (Å²) in [6.07, 6.45) is -0.127. The van der Waals surface area contributed by atoms with E-state index in [9.17, 15) is 28.5 Å². The van der Waals surface area contributed by atoms with Crippen LogP contribution in [0.5, 0.6) is 10.8 Å². The molecule has 1 aromatic carbocycles. The molecule has 0 radical (unpaired) electrons.